The maximum atomic E-state index is 11.8. The Bertz CT molecular complexity index is 476. The molecule has 5 heteroatoms. The first-order chi connectivity index (χ1) is 10.6. The Labute approximate surface area is 132 Å². The quantitative estimate of drug-likeness (QED) is 0.877. The van der Waals surface area contributed by atoms with Crippen molar-refractivity contribution in [3.63, 3.8) is 0 Å². The average molecular weight is 305 g/mol. The summed E-state index contributed by atoms with van der Waals surface area (Å²) in [5.41, 5.74) is 1.86. The molecule has 0 spiro atoms. The Kier molecular flexibility index (Phi) is 6.16. The van der Waals surface area contributed by atoms with Crippen molar-refractivity contribution in [2.75, 3.05) is 0 Å². The van der Waals surface area contributed by atoms with Crippen molar-refractivity contribution in [2.45, 2.75) is 77.9 Å². The van der Waals surface area contributed by atoms with Crippen LogP contribution < -0.4 is 10.1 Å². The first-order valence-corrected chi connectivity index (χ1v) is 8.35. The minimum Gasteiger partial charge on any atom is -0.460 e. The molecule has 1 heterocycles. The molecule has 0 bridgehead atoms. The van der Waals surface area contributed by atoms with E-state index in [2.05, 4.69) is 22.2 Å². The lowest BCUT2D eigenvalue weighted by Crippen LogP contribution is -2.39. The molecular formula is C17H27N3O2. The Balaban J connectivity index is 1.76. The van der Waals surface area contributed by atoms with Gasteiger partial charge >= 0.3 is 6.01 Å². The molecule has 0 radical (unpaired) electrons. The molecule has 22 heavy (non-hydrogen) atoms. The highest BCUT2D eigenvalue weighted by molar-refractivity contribution is 5.76. The second kappa shape index (κ2) is 8.11. The molecule has 1 aliphatic rings. The van der Waals surface area contributed by atoms with E-state index >= 15 is 0 Å². The normalized spacial score (nSPS) is 21.4. The summed E-state index contributed by atoms with van der Waals surface area (Å²) in [5.74, 6) is 0.184. The molecule has 0 unspecified atom stereocenters. The molecule has 122 valence electrons. The lowest BCUT2D eigenvalue weighted by atomic mass is 9.93. The molecule has 0 saturated heterocycles. The Hall–Kier alpha value is -1.65. The van der Waals surface area contributed by atoms with Crippen molar-refractivity contribution in [3.05, 3.63) is 17.5 Å². The van der Waals surface area contributed by atoms with E-state index in [1.807, 2.05) is 19.9 Å². The fraction of sp³-hybridized carbons (Fsp3) is 0.706. The lowest BCUT2D eigenvalue weighted by molar-refractivity contribution is -0.122. The summed E-state index contributed by atoms with van der Waals surface area (Å²) in [6.07, 6.45) is 6.64. The predicted octanol–water partition coefficient (Wildman–Crippen LogP) is 3.09. The summed E-state index contributed by atoms with van der Waals surface area (Å²) in [7, 11) is 0. The maximum Gasteiger partial charge on any atom is 0.317 e. The van der Waals surface area contributed by atoms with Crippen LogP contribution in [0.25, 0.3) is 0 Å². The molecular weight excluding hydrogens is 278 g/mol. The van der Waals surface area contributed by atoms with E-state index in [1.165, 1.54) is 0 Å². The third kappa shape index (κ3) is 5.28. The number of hydrogen-bond acceptors (Lipinski definition) is 4. The monoisotopic (exact) mass is 305 g/mol. The van der Waals surface area contributed by atoms with Crippen LogP contribution in [0.5, 0.6) is 6.01 Å². The van der Waals surface area contributed by atoms with Gasteiger partial charge in [0.2, 0.25) is 5.91 Å². The van der Waals surface area contributed by atoms with Gasteiger partial charge in [-0.15, -0.1) is 0 Å². The van der Waals surface area contributed by atoms with Gasteiger partial charge in [0.25, 0.3) is 0 Å². The highest BCUT2D eigenvalue weighted by Gasteiger charge is 2.24. The van der Waals surface area contributed by atoms with Crippen LogP contribution in [0.15, 0.2) is 6.07 Å². The summed E-state index contributed by atoms with van der Waals surface area (Å²) in [5, 5.41) is 3.13. The van der Waals surface area contributed by atoms with Crippen LogP contribution in [0.4, 0.5) is 0 Å². The van der Waals surface area contributed by atoms with Gasteiger partial charge in [-0.05, 0) is 52.0 Å². The number of aromatic nitrogens is 2. The first kappa shape index (κ1) is 16.7. The third-order valence-electron chi connectivity index (χ3n) is 4.03. The largest absolute Gasteiger partial charge is 0.460 e. The van der Waals surface area contributed by atoms with E-state index in [-0.39, 0.29) is 12.0 Å². The molecule has 1 N–H and O–H groups in total. The number of nitrogens with zero attached hydrogens (tertiary/aromatic N) is 2. The number of hydrogen-bond donors (Lipinski definition) is 1. The predicted molar refractivity (Wildman–Crippen MR) is 85.8 cm³/mol. The number of carbonyl (C=O) groups excluding carboxylic acids is 1. The van der Waals surface area contributed by atoms with Crippen molar-refractivity contribution < 1.29 is 9.53 Å². The summed E-state index contributed by atoms with van der Waals surface area (Å²) in [6, 6.07) is 2.72. The number of ether oxygens (including phenoxy) is 1. The van der Waals surface area contributed by atoms with Crippen molar-refractivity contribution in [3.8, 4) is 6.01 Å². The van der Waals surface area contributed by atoms with Gasteiger partial charge < -0.3 is 10.1 Å². The zero-order chi connectivity index (χ0) is 15.9. The van der Waals surface area contributed by atoms with Crippen LogP contribution in [0.1, 0.15) is 63.3 Å². The molecule has 1 aromatic heterocycles. The summed E-state index contributed by atoms with van der Waals surface area (Å²) < 4.78 is 5.90. The average Bonchev–Trinajstić information content (AvgIpc) is 2.46. The van der Waals surface area contributed by atoms with Crippen LogP contribution in [0.3, 0.4) is 0 Å². The molecule has 1 saturated carbocycles. The Morgan fingerprint density at radius 2 is 1.86 bits per heavy atom. The minimum absolute atomic E-state index is 0.157. The molecule has 0 atom stereocenters. The Morgan fingerprint density at radius 1 is 1.23 bits per heavy atom. The summed E-state index contributed by atoms with van der Waals surface area (Å²) in [4.78, 5) is 20.4. The fourth-order valence-corrected chi connectivity index (χ4v) is 2.86. The van der Waals surface area contributed by atoms with E-state index < -0.39 is 0 Å². The summed E-state index contributed by atoms with van der Waals surface area (Å²) >= 11 is 0. The van der Waals surface area contributed by atoms with Gasteiger partial charge in [0.15, 0.2) is 0 Å². The van der Waals surface area contributed by atoms with E-state index in [4.69, 9.17) is 4.74 Å². The minimum atomic E-state index is 0.157. The molecule has 2 rings (SSSR count). The topological polar surface area (TPSA) is 64.1 Å². The Morgan fingerprint density at radius 3 is 2.45 bits per heavy atom. The van der Waals surface area contributed by atoms with E-state index in [1.54, 1.807) is 0 Å². The van der Waals surface area contributed by atoms with Crippen LogP contribution in [0, 0.1) is 13.8 Å². The molecule has 1 fully saturated rings. The van der Waals surface area contributed by atoms with Crippen LogP contribution in [-0.4, -0.2) is 28.0 Å². The van der Waals surface area contributed by atoms with E-state index in [9.17, 15) is 4.79 Å². The van der Waals surface area contributed by atoms with Crippen molar-refractivity contribution in [1.29, 1.82) is 0 Å². The van der Waals surface area contributed by atoms with Gasteiger partial charge in [-0.2, -0.15) is 0 Å². The van der Waals surface area contributed by atoms with Crippen LogP contribution in [0.2, 0.25) is 0 Å². The first-order valence-electron chi connectivity index (χ1n) is 8.35. The second-order valence-corrected chi connectivity index (χ2v) is 6.20. The zero-order valence-corrected chi connectivity index (χ0v) is 13.9. The molecule has 1 aliphatic carbocycles. The SMILES string of the molecule is CCCCC(=O)NC1CCC(Oc2nc(C)cc(C)n2)CC1. The van der Waals surface area contributed by atoms with Crippen LogP contribution >= 0.6 is 0 Å². The molecule has 0 aliphatic heterocycles. The lowest BCUT2D eigenvalue weighted by Gasteiger charge is -2.29. The highest BCUT2D eigenvalue weighted by atomic mass is 16.5. The molecule has 5 nitrogen and oxygen atoms in total. The molecule has 1 aromatic rings. The van der Waals surface area contributed by atoms with Gasteiger partial charge in [-0.1, -0.05) is 13.3 Å². The van der Waals surface area contributed by atoms with Gasteiger partial charge in [0, 0.05) is 23.9 Å². The van der Waals surface area contributed by atoms with Crippen LogP contribution in [-0.2, 0) is 4.79 Å². The van der Waals surface area contributed by atoms with Crippen molar-refractivity contribution >= 4 is 5.91 Å². The van der Waals surface area contributed by atoms with Gasteiger partial charge in [-0.25, -0.2) is 9.97 Å². The van der Waals surface area contributed by atoms with Gasteiger partial charge in [-0.3, -0.25) is 4.79 Å². The van der Waals surface area contributed by atoms with E-state index in [0.717, 1.165) is 49.9 Å². The van der Waals surface area contributed by atoms with Crippen molar-refractivity contribution in [1.82, 2.24) is 15.3 Å². The van der Waals surface area contributed by atoms with Gasteiger partial charge in [0.05, 0.1) is 0 Å². The fourth-order valence-electron chi connectivity index (χ4n) is 2.86. The number of amides is 1. The standard InChI is InChI=1S/C17H27N3O2/c1-4-5-6-16(21)20-14-7-9-15(10-8-14)22-17-18-12(2)11-13(3)19-17/h11,14-15H,4-10H2,1-3H3,(H,20,21). The second-order valence-electron chi connectivity index (χ2n) is 6.20. The van der Waals surface area contributed by atoms with Crippen molar-refractivity contribution in [2.24, 2.45) is 0 Å². The maximum absolute atomic E-state index is 11.8. The highest BCUT2D eigenvalue weighted by Crippen LogP contribution is 2.22. The molecule has 1 amide bonds. The number of nitrogens with one attached hydrogen (secondary N) is 1. The number of carbonyl (C=O) groups is 1. The van der Waals surface area contributed by atoms with Gasteiger partial charge in [0.1, 0.15) is 6.10 Å². The number of unbranched alkanes of at least 4 members (excludes halogenated alkanes) is 1. The molecule has 0 aromatic carbocycles. The zero-order valence-electron chi connectivity index (χ0n) is 13.9. The van der Waals surface area contributed by atoms with E-state index in [0.29, 0.717) is 18.5 Å². The number of rotatable bonds is 6. The third-order valence-corrected chi connectivity index (χ3v) is 4.03. The smallest absolute Gasteiger partial charge is 0.317 e. The summed E-state index contributed by atoms with van der Waals surface area (Å²) in [6.45, 7) is 6.00. The number of aryl methyl sites for hydroxylation is 2.